The fourth-order valence-corrected chi connectivity index (χ4v) is 2.46. The van der Waals surface area contributed by atoms with Gasteiger partial charge in [-0.3, -0.25) is 5.10 Å². The molecule has 1 atom stereocenters. The Morgan fingerprint density at radius 1 is 1.16 bits per heavy atom. The van der Waals surface area contributed by atoms with Crippen molar-refractivity contribution in [3.63, 3.8) is 0 Å². The third-order valence-electron chi connectivity index (χ3n) is 3.77. The van der Waals surface area contributed by atoms with E-state index < -0.39 is 6.04 Å². The summed E-state index contributed by atoms with van der Waals surface area (Å²) in [7, 11) is 1.59. The van der Waals surface area contributed by atoms with Crippen molar-refractivity contribution >= 4 is 0 Å². The quantitative estimate of drug-likeness (QED) is 0.637. The number of aromatic amines is 1. The molecule has 0 radical (unpaired) electrons. The van der Waals surface area contributed by atoms with Crippen LogP contribution >= 0.6 is 0 Å². The second-order valence-electron chi connectivity index (χ2n) is 5.41. The second-order valence-corrected chi connectivity index (χ2v) is 5.41. The van der Waals surface area contributed by atoms with Gasteiger partial charge in [0.15, 0.2) is 17.3 Å². The third-order valence-corrected chi connectivity index (χ3v) is 3.77. The highest BCUT2D eigenvalue weighted by atomic mass is 16.5. The number of methoxy groups -OCH3 is 1. The van der Waals surface area contributed by atoms with E-state index >= 15 is 0 Å². The first-order valence-corrected chi connectivity index (χ1v) is 7.90. The van der Waals surface area contributed by atoms with Crippen molar-refractivity contribution in [2.24, 2.45) is 5.73 Å². The summed E-state index contributed by atoms with van der Waals surface area (Å²) in [5.74, 6) is 2.53. The van der Waals surface area contributed by atoms with Crippen LogP contribution in [0.3, 0.4) is 0 Å². The van der Waals surface area contributed by atoms with E-state index in [9.17, 15) is 5.11 Å². The van der Waals surface area contributed by atoms with Crippen LogP contribution in [0, 0.1) is 0 Å². The van der Waals surface area contributed by atoms with E-state index in [1.54, 1.807) is 31.4 Å². The van der Waals surface area contributed by atoms with Gasteiger partial charge in [-0.05, 0) is 48.9 Å². The predicted molar refractivity (Wildman–Crippen MR) is 93.7 cm³/mol. The molecule has 25 heavy (non-hydrogen) atoms. The van der Waals surface area contributed by atoms with E-state index in [1.807, 2.05) is 25.1 Å². The minimum absolute atomic E-state index is 0.192. The van der Waals surface area contributed by atoms with Gasteiger partial charge in [0.25, 0.3) is 0 Å². The Kier molecular flexibility index (Phi) is 4.85. The number of hydrogen-bond donors (Lipinski definition) is 3. The Morgan fingerprint density at radius 3 is 2.60 bits per heavy atom. The van der Waals surface area contributed by atoms with Crippen LogP contribution in [0.25, 0.3) is 11.4 Å². The number of nitrogens with zero attached hydrogens (tertiary/aromatic N) is 2. The van der Waals surface area contributed by atoms with Gasteiger partial charge >= 0.3 is 0 Å². The number of nitrogens with one attached hydrogen (secondary N) is 1. The van der Waals surface area contributed by atoms with Crippen LogP contribution in [0.4, 0.5) is 0 Å². The molecule has 0 bridgehead atoms. The lowest BCUT2D eigenvalue weighted by Gasteiger charge is -2.13. The van der Waals surface area contributed by atoms with Gasteiger partial charge in [-0.25, -0.2) is 4.98 Å². The number of phenols is 1. The molecule has 0 fully saturated rings. The molecule has 7 heteroatoms. The minimum atomic E-state index is -0.483. The van der Waals surface area contributed by atoms with Gasteiger partial charge in [-0.2, -0.15) is 5.10 Å². The first-order valence-electron chi connectivity index (χ1n) is 7.90. The van der Waals surface area contributed by atoms with Crippen molar-refractivity contribution in [2.45, 2.75) is 13.0 Å². The number of phenolic OH excluding ortho intramolecular Hbond substituents is 1. The van der Waals surface area contributed by atoms with Crippen LogP contribution < -0.4 is 15.2 Å². The predicted octanol–water partition coefficient (Wildman–Crippen LogP) is 2.63. The van der Waals surface area contributed by atoms with Crippen molar-refractivity contribution in [1.29, 1.82) is 0 Å². The lowest BCUT2D eigenvalue weighted by molar-refractivity contribution is 0.310. The molecule has 1 heterocycles. The van der Waals surface area contributed by atoms with E-state index in [2.05, 4.69) is 15.2 Å². The third kappa shape index (κ3) is 3.56. The van der Waals surface area contributed by atoms with Crippen molar-refractivity contribution in [2.75, 3.05) is 13.7 Å². The van der Waals surface area contributed by atoms with Gasteiger partial charge in [-0.15, -0.1) is 0 Å². The molecule has 4 N–H and O–H groups in total. The largest absolute Gasteiger partial charge is 0.508 e. The number of ether oxygens (including phenoxy) is 2. The topological polar surface area (TPSA) is 106 Å². The maximum atomic E-state index is 9.36. The lowest BCUT2D eigenvalue weighted by Crippen LogP contribution is -2.14. The highest BCUT2D eigenvalue weighted by molar-refractivity contribution is 5.56. The summed E-state index contributed by atoms with van der Waals surface area (Å²) in [6, 6.07) is 11.7. The smallest absolute Gasteiger partial charge is 0.181 e. The highest BCUT2D eigenvalue weighted by Crippen LogP contribution is 2.31. The zero-order chi connectivity index (χ0) is 17.8. The van der Waals surface area contributed by atoms with E-state index in [-0.39, 0.29) is 5.75 Å². The van der Waals surface area contributed by atoms with Crippen molar-refractivity contribution in [3.05, 3.63) is 53.9 Å². The Hall–Kier alpha value is -3.06. The summed E-state index contributed by atoms with van der Waals surface area (Å²) in [6.45, 7) is 2.47. The Bertz CT molecular complexity index is 846. The molecule has 0 saturated heterocycles. The molecule has 2 aromatic carbocycles. The fourth-order valence-electron chi connectivity index (χ4n) is 2.46. The number of hydrogen-bond acceptors (Lipinski definition) is 6. The van der Waals surface area contributed by atoms with E-state index in [4.69, 9.17) is 15.2 Å². The number of rotatable bonds is 6. The van der Waals surface area contributed by atoms with Gasteiger partial charge in [0.1, 0.15) is 11.6 Å². The molecule has 0 unspecified atom stereocenters. The summed E-state index contributed by atoms with van der Waals surface area (Å²) < 4.78 is 10.9. The number of aromatic nitrogens is 3. The standard InChI is InChI=1S/C18H20N4O3/c1-3-25-14-9-6-12(10-15(14)24-2)16(19)18-20-17(21-22-18)11-4-7-13(23)8-5-11/h4-10,16,23H,3,19H2,1-2H3,(H,20,21,22)/t16-/m0/s1. The van der Waals surface area contributed by atoms with Crippen LogP contribution in [-0.4, -0.2) is 34.0 Å². The van der Waals surface area contributed by atoms with Gasteiger partial charge < -0.3 is 20.3 Å². The van der Waals surface area contributed by atoms with Gasteiger partial charge in [0, 0.05) is 5.56 Å². The van der Waals surface area contributed by atoms with E-state index in [1.165, 1.54) is 0 Å². The molecule has 0 spiro atoms. The molecule has 0 saturated carbocycles. The highest BCUT2D eigenvalue weighted by Gasteiger charge is 2.17. The average molecular weight is 340 g/mol. The number of aromatic hydroxyl groups is 1. The van der Waals surface area contributed by atoms with Crippen molar-refractivity contribution < 1.29 is 14.6 Å². The second kappa shape index (κ2) is 7.23. The van der Waals surface area contributed by atoms with Crippen molar-refractivity contribution in [1.82, 2.24) is 15.2 Å². The number of nitrogens with two attached hydrogens (primary N) is 1. The Labute approximate surface area is 145 Å². The average Bonchev–Trinajstić information content (AvgIpc) is 3.12. The lowest BCUT2D eigenvalue weighted by atomic mass is 10.1. The summed E-state index contributed by atoms with van der Waals surface area (Å²) in [4.78, 5) is 4.46. The molecule has 0 amide bonds. The maximum absolute atomic E-state index is 9.36. The molecule has 0 aliphatic rings. The summed E-state index contributed by atoms with van der Waals surface area (Å²) in [6.07, 6.45) is 0. The number of H-pyrrole nitrogens is 1. The molecule has 130 valence electrons. The van der Waals surface area contributed by atoms with Crippen LogP contribution in [0.1, 0.15) is 24.4 Å². The minimum Gasteiger partial charge on any atom is -0.508 e. The first kappa shape index (κ1) is 16.8. The molecule has 3 aromatic rings. The monoisotopic (exact) mass is 340 g/mol. The summed E-state index contributed by atoms with van der Waals surface area (Å²) >= 11 is 0. The van der Waals surface area contributed by atoms with Crippen LogP contribution in [0.15, 0.2) is 42.5 Å². The zero-order valence-electron chi connectivity index (χ0n) is 14.1. The zero-order valence-corrected chi connectivity index (χ0v) is 14.1. The molecular weight excluding hydrogens is 320 g/mol. The van der Waals surface area contributed by atoms with E-state index in [0.29, 0.717) is 29.8 Å². The van der Waals surface area contributed by atoms with Crippen LogP contribution in [-0.2, 0) is 0 Å². The normalized spacial score (nSPS) is 12.0. The van der Waals surface area contributed by atoms with E-state index in [0.717, 1.165) is 11.1 Å². The maximum Gasteiger partial charge on any atom is 0.181 e. The summed E-state index contributed by atoms with van der Waals surface area (Å²) in [5, 5.41) is 16.4. The molecule has 1 aromatic heterocycles. The van der Waals surface area contributed by atoms with Crippen LogP contribution in [0.5, 0.6) is 17.2 Å². The van der Waals surface area contributed by atoms with Crippen molar-refractivity contribution in [3.8, 4) is 28.6 Å². The Balaban J connectivity index is 1.86. The van der Waals surface area contributed by atoms with Crippen LogP contribution in [0.2, 0.25) is 0 Å². The van der Waals surface area contributed by atoms with Gasteiger partial charge in [-0.1, -0.05) is 6.07 Å². The molecule has 0 aliphatic heterocycles. The Morgan fingerprint density at radius 2 is 1.92 bits per heavy atom. The van der Waals surface area contributed by atoms with Gasteiger partial charge in [0.2, 0.25) is 0 Å². The summed E-state index contributed by atoms with van der Waals surface area (Å²) in [5.41, 5.74) is 7.93. The fraction of sp³-hybridized carbons (Fsp3) is 0.222. The number of benzene rings is 2. The molecule has 3 rings (SSSR count). The van der Waals surface area contributed by atoms with Gasteiger partial charge in [0.05, 0.1) is 19.8 Å². The molecular formula is C18H20N4O3. The first-order chi connectivity index (χ1) is 12.1. The molecule has 0 aliphatic carbocycles. The SMILES string of the molecule is CCOc1ccc([C@H](N)c2nc(-c3ccc(O)cc3)n[nH]2)cc1OC. The molecule has 7 nitrogen and oxygen atoms in total.